The maximum absolute atomic E-state index is 5.38. The van der Waals surface area contributed by atoms with Crippen molar-refractivity contribution in [2.24, 2.45) is 4.99 Å². The molecule has 2 aromatic rings. The first kappa shape index (κ1) is 20.5. The van der Waals surface area contributed by atoms with Crippen LogP contribution in [0.25, 0.3) is 0 Å². The molecule has 1 aliphatic heterocycles. The number of anilines is 1. The number of thiazole rings is 1. The number of ether oxygens (including phenoxy) is 1. The van der Waals surface area contributed by atoms with Gasteiger partial charge in [0.2, 0.25) is 0 Å². The van der Waals surface area contributed by atoms with Crippen molar-refractivity contribution in [2.45, 2.75) is 45.7 Å². The highest BCUT2D eigenvalue weighted by Crippen LogP contribution is 2.24. The van der Waals surface area contributed by atoms with Crippen LogP contribution < -0.4 is 20.3 Å². The Kier molecular flexibility index (Phi) is 7.54. The number of rotatable bonds is 7. The highest BCUT2D eigenvalue weighted by molar-refractivity contribution is 7.09. The summed E-state index contributed by atoms with van der Waals surface area (Å²) in [5, 5.41) is 10.3. The molecule has 0 bridgehead atoms. The Balaban J connectivity index is 1.62. The Hall–Kier alpha value is -2.28. The van der Waals surface area contributed by atoms with Crippen LogP contribution >= 0.6 is 11.3 Å². The van der Waals surface area contributed by atoms with E-state index < -0.39 is 0 Å². The third kappa shape index (κ3) is 5.61. The second-order valence-electron chi connectivity index (χ2n) is 6.91. The molecule has 1 fully saturated rings. The summed E-state index contributed by atoms with van der Waals surface area (Å²) in [5.41, 5.74) is 2.25. The van der Waals surface area contributed by atoms with Gasteiger partial charge in [-0.15, -0.1) is 11.3 Å². The van der Waals surface area contributed by atoms with Crippen molar-refractivity contribution in [1.82, 2.24) is 15.6 Å². The van der Waals surface area contributed by atoms with Gasteiger partial charge in [-0.05, 0) is 38.3 Å². The van der Waals surface area contributed by atoms with Gasteiger partial charge in [0, 0.05) is 42.8 Å². The fraction of sp³-hybridized carbons (Fsp3) is 0.524. The summed E-state index contributed by atoms with van der Waals surface area (Å²) in [4.78, 5) is 11.8. The molecule has 28 heavy (non-hydrogen) atoms. The number of piperidine rings is 1. The molecule has 1 saturated heterocycles. The lowest BCUT2D eigenvalue weighted by Crippen LogP contribution is -2.51. The first-order valence-electron chi connectivity index (χ1n) is 10.1. The van der Waals surface area contributed by atoms with Crippen LogP contribution in [0.5, 0.6) is 5.75 Å². The van der Waals surface area contributed by atoms with Crippen LogP contribution in [0.3, 0.4) is 0 Å². The van der Waals surface area contributed by atoms with Crippen LogP contribution in [-0.4, -0.2) is 43.7 Å². The zero-order valence-electron chi connectivity index (χ0n) is 17.1. The van der Waals surface area contributed by atoms with Gasteiger partial charge in [-0.25, -0.2) is 9.98 Å². The van der Waals surface area contributed by atoms with Gasteiger partial charge < -0.3 is 20.3 Å². The van der Waals surface area contributed by atoms with Crippen LogP contribution in [0.1, 0.15) is 37.4 Å². The van der Waals surface area contributed by atoms with Gasteiger partial charge >= 0.3 is 0 Å². The Morgan fingerprint density at radius 2 is 2.29 bits per heavy atom. The van der Waals surface area contributed by atoms with E-state index in [1.807, 2.05) is 6.07 Å². The molecule has 152 valence electrons. The SMILES string of the molecule is CCNC(=NCc1csc(CC)n1)NC1CCCN(c2cccc(OC)c2)C1. The fourth-order valence-electron chi connectivity index (χ4n) is 3.39. The van der Waals surface area contributed by atoms with Crippen molar-refractivity contribution in [1.29, 1.82) is 0 Å². The molecule has 0 radical (unpaired) electrons. The standard InChI is InChI=1S/C21H31N5OS/c1-4-20-24-17(15-28-20)13-23-21(22-5-2)25-16-8-7-11-26(14-16)18-9-6-10-19(12-18)27-3/h6,9-10,12,15-16H,4-5,7-8,11,13-14H2,1-3H3,(H2,22,23,25). The van der Waals surface area contributed by atoms with Gasteiger partial charge in [0.15, 0.2) is 5.96 Å². The van der Waals surface area contributed by atoms with Crippen LogP contribution in [0.15, 0.2) is 34.6 Å². The van der Waals surface area contributed by atoms with Gasteiger partial charge in [-0.1, -0.05) is 13.0 Å². The minimum Gasteiger partial charge on any atom is -0.497 e. The molecular formula is C21H31N5OS. The number of hydrogen-bond acceptors (Lipinski definition) is 5. The van der Waals surface area contributed by atoms with Gasteiger partial charge in [0.05, 0.1) is 24.4 Å². The summed E-state index contributed by atoms with van der Waals surface area (Å²) >= 11 is 1.71. The normalized spacial score (nSPS) is 17.5. The van der Waals surface area contributed by atoms with Crippen molar-refractivity contribution >= 4 is 23.0 Å². The second-order valence-corrected chi connectivity index (χ2v) is 7.85. The Morgan fingerprint density at radius 1 is 1.39 bits per heavy atom. The van der Waals surface area contributed by atoms with E-state index in [9.17, 15) is 0 Å². The lowest BCUT2D eigenvalue weighted by Gasteiger charge is -2.35. The van der Waals surface area contributed by atoms with Gasteiger partial charge in [0.1, 0.15) is 5.75 Å². The van der Waals surface area contributed by atoms with Gasteiger partial charge in [0.25, 0.3) is 0 Å². The summed E-state index contributed by atoms with van der Waals surface area (Å²) in [6.45, 7) is 7.70. The number of methoxy groups -OCH3 is 1. The molecule has 3 rings (SSSR count). The topological polar surface area (TPSA) is 61.8 Å². The summed E-state index contributed by atoms with van der Waals surface area (Å²) in [6, 6.07) is 8.66. The van der Waals surface area contributed by atoms with E-state index in [1.54, 1.807) is 18.4 Å². The molecule has 0 amide bonds. The number of hydrogen-bond donors (Lipinski definition) is 2. The Morgan fingerprint density at radius 3 is 3.04 bits per heavy atom. The highest BCUT2D eigenvalue weighted by Gasteiger charge is 2.21. The molecule has 1 atom stereocenters. The largest absolute Gasteiger partial charge is 0.497 e. The van der Waals surface area contributed by atoms with Gasteiger partial charge in [-0.2, -0.15) is 0 Å². The molecule has 1 unspecified atom stereocenters. The maximum Gasteiger partial charge on any atom is 0.191 e. The van der Waals surface area contributed by atoms with Crippen molar-refractivity contribution in [2.75, 3.05) is 31.6 Å². The smallest absolute Gasteiger partial charge is 0.191 e. The molecule has 2 N–H and O–H groups in total. The van der Waals surface area contributed by atoms with Crippen LogP contribution in [-0.2, 0) is 13.0 Å². The number of aryl methyl sites for hydroxylation is 1. The Bertz CT molecular complexity index is 776. The number of benzene rings is 1. The summed E-state index contributed by atoms with van der Waals surface area (Å²) in [5.74, 6) is 1.77. The molecule has 0 aliphatic carbocycles. The van der Waals surface area contributed by atoms with E-state index in [2.05, 4.69) is 57.9 Å². The van der Waals surface area contributed by atoms with E-state index in [1.165, 1.54) is 10.7 Å². The number of aromatic nitrogens is 1. The van der Waals surface area contributed by atoms with Crippen LogP contribution in [0, 0.1) is 0 Å². The second kappa shape index (κ2) is 10.3. The molecule has 2 heterocycles. The minimum absolute atomic E-state index is 0.361. The molecule has 7 heteroatoms. The molecule has 0 saturated carbocycles. The van der Waals surface area contributed by atoms with Crippen LogP contribution in [0.4, 0.5) is 5.69 Å². The summed E-state index contributed by atoms with van der Waals surface area (Å²) in [6.07, 6.45) is 3.27. The lowest BCUT2D eigenvalue weighted by molar-refractivity contribution is 0.414. The zero-order valence-corrected chi connectivity index (χ0v) is 17.9. The van der Waals surface area contributed by atoms with E-state index in [4.69, 9.17) is 9.73 Å². The number of nitrogens with zero attached hydrogens (tertiary/aromatic N) is 3. The fourth-order valence-corrected chi connectivity index (χ4v) is 4.13. The zero-order chi connectivity index (χ0) is 19.8. The first-order chi connectivity index (χ1) is 13.7. The van der Waals surface area contributed by atoms with Crippen molar-refractivity contribution in [3.05, 3.63) is 40.3 Å². The molecule has 1 aliphatic rings. The molecule has 6 nitrogen and oxygen atoms in total. The highest BCUT2D eigenvalue weighted by atomic mass is 32.1. The summed E-state index contributed by atoms with van der Waals surface area (Å²) < 4.78 is 5.38. The minimum atomic E-state index is 0.361. The van der Waals surface area contributed by atoms with Crippen LogP contribution in [0.2, 0.25) is 0 Å². The van der Waals surface area contributed by atoms with Crippen molar-refractivity contribution in [3.63, 3.8) is 0 Å². The molecule has 1 aromatic heterocycles. The van der Waals surface area contributed by atoms with E-state index >= 15 is 0 Å². The van der Waals surface area contributed by atoms with Crippen molar-refractivity contribution < 1.29 is 4.74 Å². The first-order valence-corrected chi connectivity index (χ1v) is 11.0. The predicted octanol–water partition coefficient (Wildman–Crippen LogP) is 3.44. The molecule has 1 aromatic carbocycles. The summed E-state index contributed by atoms with van der Waals surface area (Å²) in [7, 11) is 1.71. The predicted molar refractivity (Wildman–Crippen MR) is 118 cm³/mol. The number of aliphatic imine (C=N–C) groups is 1. The Labute approximate surface area is 172 Å². The van der Waals surface area contributed by atoms with E-state index in [-0.39, 0.29) is 0 Å². The number of guanidine groups is 1. The molecule has 0 spiro atoms. The van der Waals surface area contributed by atoms with Gasteiger partial charge in [-0.3, -0.25) is 0 Å². The quantitative estimate of drug-likeness (QED) is 0.550. The number of nitrogens with one attached hydrogen (secondary N) is 2. The maximum atomic E-state index is 5.38. The average Bonchev–Trinajstić information content (AvgIpc) is 3.20. The van der Waals surface area contributed by atoms with Crippen molar-refractivity contribution in [3.8, 4) is 5.75 Å². The van der Waals surface area contributed by atoms with E-state index in [0.29, 0.717) is 12.6 Å². The average molecular weight is 402 g/mol. The monoisotopic (exact) mass is 401 g/mol. The lowest BCUT2D eigenvalue weighted by atomic mass is 10.0. The van der Waals surface area contributed by atoms with E-state index in [0.717, 1.165) is 56.3 Å². The third-order valence-corrected chi connectivity index (χ3v) is 5.87. The molecular weight excluding hydrogens is 370 g/mol. The third-order valence-electron chi connectivity index (χ3n) is 4.83.